The van der Waals surface area contributed by atoms with Crippen LogP contribution in [0, 0.1) is 0 Å². The number of hydrogen-bond acceptors (Lipinski definition) is 5. The number of ether oxygens (including phenoxy) is 1. The Balaban J connectivity index is 2.05. The van der Waals surface area contributed by atoms with E-state index in [4.69, 9.17) is 4.74 Å². The van der Waals surface area contributed by atoms with Crippen molar-refractivity contribution >= 4 is 17.2 Å². The molecule has 0 amide bonds. The molecule has 0 saturated heterocycles. The van der Waals surface area contributed by atoms with E-state index < -0.39 is 0 Å². The summed E-state index contributed by atoms with van der Waals surface area (Å²) in [6.07, 6.45) is 2.56. The predicted molar refractivity (Wildman–Crippen MR) is 79.1 cm³/mol. The van der Waals surface area contributed by atoms with Crippen molar-refractivity contribution < 1.29 is 4.74 Å². The number of nitrogens with zero attached hydrogens (tertiary/aromatic N) is 3. The van der Waals surface area contributed by atoms with E-state index in [9.17, 15) is 0 Å². The van der Waals surface area contributed by atoms with Crippen molar-refractivity contribution in [3.8, 4) is 5.88 Å². The second-order valence-electron chi connectivity index (χ2n) is 4.44. The van der Waals surface area contributed by atoms with Crippen LogP contribution in [0.2, 0.25) is 0 Å². The van der Waals surface area contributed by atoms with Crippen LogP contribution in [-0.4, -0.2) is 29.7 Å². The maximum Gasteiger partial charge on any atom is 0.218 e. The summed E-state index contributed by atoms with van der Waals surface area (Å²) in [6.45, 7) is 4.76. The van der Waals surface area contributed by atoms with Gasteiger partial charge in [0.05, 0.1) is 6.61 Å². The quantitative estimate of drug-likeness (QED) is 0.813. The first-order valence-corrected chi connectivity index (χ1v) is 7.33. The molecule has 102 valence electrons. The standard InChI is InChI=1S/C14H19N3OS/c1-4-18-14-8-13(15-10-16-14)17(3)11(2)7-12-5-6-19-9-12/h5-6,8-11H,4,7H2,1-3H3. The molecule has 2 heterocycles. The summed E-state index contributed by atoms with van der Waals surface area (Å²) in [5, 5.41) is 4.30. The molecular formula is C14H19N3OS. The van der Waals surface area contributed by atoms with Gasteiger partial charge in [0.15, 0.2) is 0 Å². The highest BCUT2D eigenvalue weighted by Gasteiger charge is 2.13. The molecule has 0 N–H and O–H groups in total. The van der Waals surface area contributed by atoms with Crippen LogP contribution in [-0.2, 0) is 6.42 Å². The van der Waals surface area contributed by atoms with Crippen LogP contribution >= 0.6 is 11.3 Å². The molecular weight excluding hydrogens is 258 g/mol. The minimum absolute atomic E-state index is 0.374. The van der Waals surface area contributed by atoms with E-state index in [1.165, 1.54) is 5.56 Å². The van der Waals surface area contributed by atoms with Crippen molar-refractivity contribution in [1.82, 2.24) is 9.97 Å². The summed E-state index contributed by atoms with van der Waals surface area (Å²) in [5.41, 5.74) is 1.36. The van der Waals surface area contributed by atoms with Crippen molar-refractivity contribution in [2.24, 2.45) is 0 Å². The molecule has 1 atom stereocenters. The number of rotatable bonds is 6. The second kappa shape index (κ2) is 6.52. The molecule has 0 aliphatic heterocycles. The van der Waals surface area contributed by atoms with Gasteiger partial charge in [-0.25, -0.2) is 9.97 Å². The summed E-state index contributed by atoms with van der Waals surface area (Å²) >= 11 is 1.73. The highest BCUT2D eigenvalue weighted by Crippen LogP contribution is 2.19. The Bertz CT molecular complexity index is 501. The minimum Gasteiger partial charge on any atom is -0.478 e. The van der Waals surface area contributed by atoms with Gasteiger partial charge >= 0.3 is 0 Å². The highest BCUT2D eigenvalue weighted by molar-refractivity contribution is 7.07. The third-order valence-corrected chi connectivity index (χ3v) is 3.79. The number of likely N-dealkylation sites (N-methyl/N-ethyl adjacent to an activating group) is 1. The van der Waals surface area contributed by atoms with Gasteiger partial charge in [-0.05, 0) is 42.7 Å². The molecule has 5 heteroatoms. The highest BCUT2D eigenvalue weighted by atomic mass is 32.1. The molecule has 0 spiro atoms. The first kappa shape index (κ1) is 13.8. The van der Waals surface area contributed by atoms with Gasteiger partial charge in [0.2, 0.25) is 5.88 Å². The Kier molecular flexibility index (Phi) is 4.74. The van der Waals surface area contributed by atoms with Gasteiger partial charge in [0, 0.05) is 19.2 Å². The maximum absolute atomic E-state index is 5.41. The molecule has 19 heavy (non-hydrogen) atoms. The van der Waals surface area contributed by atoms with Crippen molar-refractivity contribution in [2.45, 2.75) is 26.3 Å². The zero-order valence-corrected chi connectivity index (χ0v) is 12.4. The lowest BCUT2D eigenvalue weighted by atomic mass is 10.1. The Morgan fingerprint density at radius 2 is 2.26 bits per heavy atom. The van der Waals surface area contributed by atoms with Crippen molar-refractivity contribution in [3.05, 3.63) is 34.8 Å². The topological polar surface area (TPSA) is 38.2 Å². The van der Waals surface area contributed by atoms with Crippen LogP contribution < -0.4 is 9.64 Å². The molecule has 1 unspecified atom stereocenters. The summed E-state index contributed by atoms with van der Waals surface area (Å²) < 4.78 is 5.41. The maximum atomic E-state index is 5.41. The zero-order valence-electron chi connectivity index (χ0n) is 11.5. The fourth-order valence-corrected chi connectivity index (χ4v) is 2.54. The Labute approximate surface area is 118 Å². The van der Waals surface area contributed by atoms with E-state index >= 15 is 0 Å². The summed E-state index contributed by atoms with van der Waals surface area (Å²) in [7, 11) is 2.05. The minimum atomic E-state index is 0.374. The van der Waals surface area contributed by atoms with Gasteiger partial charge in [-0.3, -0.25) is 0 Å². The van der Waals surface area contributed by atoms with E-state index in [1.807, 2.05) is 13.0 Å². The predicted octanol–water partition coefficient (Wildman–Crippen LogP) is 3.00. The fraction of sp³-hybridized carbons (Fsp3) is 0.429. The lowest BCUT2D eigenvalue weighted by Crippen LogP contribution is -2.31. The lowest BCUT2D eigenvalue weighted by Gasteiger charge is -2.25. The van der Waals surface area contributed by atoms with Gasteiger partial charge in [-0.1, -0.05) is 0 Å². The first-order chi connectivity index (χ1) is 9.20. The molecule has 2 aromatic rings. The van der Waals surface area contributed by atoms with E-state index in [2.05, 4.69) is 45.7 Å². The Morgan fingerprint density at radius 1 is 1.42 bits per heavy atom. The Hall–Kier alpha value is -1.62. The van der Waals surface area contributed by atoms with Crippen LogP contribution in [0.1, 0.15) is 19.4 Å². The lowest BCUT2D eigenvalue weighted by molar-refractivity contribution is 0.326. The Morgan fingerprint density at radius 3 is 2.95 bits per heavy atom. The molecule has 0 saturated carbocycles. The number of anilines is 1. The van der Waals surface area contributed by atoms with Crippen LogP contribution in [0.5, 0.6) is 5.88 Å². The fourth-order valence-electron chi connectivity index (χ4n) is 1.86. The van der Waals surface area contributed by atoms with Gasteiger partial charge in [0.1, 0.15) is 12.1 Å². The van der Waals surface area contributed by atoms with Crippen molar-refractivity contribution in [3.63, 3.8) is 0 Å². The van der Waals surface area contributed by atoms with Gasteiger partial charge in [0.25, 0.3) is 0 Å². The SMILES string of the molecule is CCOc1cc(N(C)C(C)Cc2ccsc2)ncn1. The molecule has 4 nitrogen and oxygen atoms in total. The van der Waals surface area contributed by atoms with Crippen LogP contribution in [0.15, 0.2) is 29.2 Å². The molecule has 2 rings (SSSR count). The van der Waals surface area contributed by atoms with Gasteiger partial charge in [-0.2, -0.15) is 11.3 Å². The second-order valence-corrected chi connectivity index (χ2v) is 5.22. The van der Waals surface area contributed by atoms with E-state index in [0.29, 0.717) is 18.5 Å². The largest absolute Gasteiger partial charge is 0.478 e. The van der Waals surface area contributed by atoms with Crippen LogP contribution in [0.25, 0.3) is 0 Å². The summed E-state index contributed by atoms with van der Waals surface area (Å²) in [4.78, 5) is 10.6. The molecule has 0 fully saturated rings. The molecule has 0 bridgehead atoms. The molecule has 0 aliphatic carbocycles. The molecule has 0 aromatic carbocycles. The van der Waals surface area contributed by atoms with Gasteiger partial charge in [-0.15, -0.1) is 0 Å². The van der Waals surface area contributed by atoms with Crippen LogP contribution in [0.3, 0.4) is 0 Å². The number of aromatic nitrogens is 2. The average molecular weight is 277 g/mol. The number of thiophene rings is 1. The normalized spacial score (nSPS) is 12.2. The summed E-state index contributed by atoms with van der Waals surface area (Å²) in [5.74, 6) is 1.52. The van der Waals surface area contributed by atoms with E-state index in [1.54, 1.807) is 17.7 Å². The summed E-state index contributed by atoms with van der Waals surface area (Å²) in [6, 6.07) is 4.42. The monoisotopic (exact) mass is 277 g/mol. The molecule has 0 radical (unpaired) electrons. The van der Waals surface area contributed by atoms with Gasteiger partial charge < -0.3 is 9.64 Å². The zero-order chi connectivity index (χ0) is 13.7. The third kappa shape index (κ3) is 3.67. The van der Waals surface area contributed by atoms with Crippen molar-refractivity contribution in [1.29, 1.82) is 0 Å². The first-order valence-electron chi connectivity index (χ1n) is 6.39. The smallest absolute Gasteiger partial charge is 0.218 e. The molecule has 2 aromatic heterocycles. The van der Waals surface area contributed by atoms with E-state index in [-0.39, 0.29) is 0 Å². The van der Waals surface area contributed by atoms with Crippen LogP contribution in [0.4, 0.5) is 5.82 Å². The van der Waals surface area contributed by atoms with E-state index in [0.717, 1.165) is 12.2 Å². The molecule has 0 aliphatic rings. The number of hydrogen-bond donors (Lipinski definition) is 0. The average Bonchev–Trinajstić information content (AvgIpc) is 2.91. The van der Waals surface area contributed by atoms with Crippen molar-refractivity contribution in [2.75, 3.05) is 18.6 Å². The third-order valence-electron chi connectivity index (χ3n) is 3.05.